The Balaban J connectivity index is 3.42. The minimum atomic E-state index is -0.372. The van der Waals surface area contributed by atoms with Gasteiger partial charge in [-0.1, -0.05) is 55.4 Å². The molecule has 0 saturated heterocycles. The summed E-state index contributed by atoms with van der Waals surface area (Å²) in [5, 5.41) is 0. The third-order valence-electron chi connectivity index (χ3n) is 3.69. The molecule has 0 aliphatic heterocycles. The Labute approximate surface area is 145 Å². The Morgan fingerprint density at radius 1 is 0.826 bits per heavy atom. The van der Waals surface area contributed by atoms with E-state index in [1.165, 1.54) is 5.44 Å². The van der Waals surface area contributed by atoms with E-state index in [0.717, 1.165) is 11.4 Å². The van der Waals surface area contributed by atoms with Gasteiger partial charge in [0.2, 0.25) is 5.88 Å². The molecule has 0 aromatic carbocycles. The van der Waals surface area contributed by atoms with Gasteiger partial charge in [-0.05, 0) is 45.4 Å². The van der Waals surface area contributed by atoms with Gasteiger partial charge in [-0.3, -0.25) is 0 Å². The van der Waals surface area contributed by atoms with Crippen molar-refractivity contribution in [1.29, 1.82) is 0 Å². The summed E-state index contributed by atoms with van der Waals surface area (Å²) in [6.07, 6.45) is 0. The van der Waals surface area contributed by atoms with Crippen molar-refractivity contribution >= 4 is 26.8 Å². The first-order valence-electron chi connectivity index (χ1n) is 8.77. The Morgan fingerprint density at radius 3 is 1.70 bits per heavy atom. The highest BCUT2D eigenvalue weighted by Crippen LogP contribution is 2.47. The summed E-state index contributed by atoms with van der Waals surface area (Å²) < 4.78 is 5.78. The molecule has 1 aromatic heterocycles. The number of rotatable bonds is 8. The predicted octanol–water partition coefficient (Wildman–Crippen LogP) is 4.72. The van der Waals surface area contributed by atoms with E-state index in [0.29, 0.717) is 29.2 Å². The molecule has 1 aromatic rings. The maximum Gasteiger partial charge on any atom is 0.217 e. The van der Waals surface area contributed by atoms with Gasteiger partial charge in [-0.2, -0.15) is 4.98 Å². The third kappa shape index (κ3) is 5.64. The van der Waals surface area contributed by atoms with Crippen LogP contribution >= 0.6 is 15.8 Å². The van der Waals surface area contributed by atoms with Crippen molar-refractivity contribution in [3.63, 3.8) is 0 Å². The minimum absolute atomic E-state index is 0.301. The highest BCUT2D eigenvalue weighted by Gasteiger charge is 2.27. The van der Waals surface area contributed by atoms with E-state index in [-0.39, 0.29) is 15.8 Å². The Kier molecular flexibility index (Phi) is 8.39. The molecule has 132 valence electrons. The largest absolute Gasteiger partial charge is 0.478 e. The zero-order chi connectivity index (χ0) is 17.7. The van der Waals surface area contributed by atoms with E-state index >= 15 is 0 Å². The molecule has 0 bridgehead atoms. The summed E-state index contributed by atoms with van der Waals surface area (Å²) >= 11 is 0. The maximum atomic E-state index is 5.78. The lowest BCUT2D eigenvalue weighted by molar-refractivity contribution is 0.327. The molecular formula is C18H34N2OP2. The van der Waals surface area contributed by atoms with Crippen LogP contribution in [0.1, 0.15) is 62.3 Å². The van der Waals surface area contributed by atoms with E-state index in [1.807, 2.05) is 6.92 Å². The second-order valence-electron chi connectivity index (χ2n) is 6.99. The van der Waals surface area contributed by atoms with Crippen molar-refractivity contribution in [3.05, 3.63) is 6.07 Å². The highest BCUT2D eigenvalue weighted by molar-refractivity contribution is 7.67. The lowest BCUT2D eigenvalue weighted by atomic mass is 10.5. The van der Waals surface area contributed by atoms with Crippen LogP contribution in [-0.2, 0) is 0 Å². The van der Waals surface area contributed by atoms with Crippen molar-refractivity contribution in [1.82, 2.24) is 9.97 Å². The molecule has 0 saturated carbocycles. The fourth-order valence-electron chi connectivity index (χ4n) is 3.05. The molecule has 0 amide bonds. The highest BCUT2D eigenvalue weighted by atomic mass is 31.1. The maximum absolute atomic E-state index is 5.78. The molecule has 0 aliphatic rings. The molecule has 0 fully saturated rings. The van der Waals surface area contributed by atoms with Gasteiger partial charge in [-0.25, -0.2) is 4.98 Å². The standard InChI is InChI=1S/C18H34N2OP2/c1-10-21-16-11-17(22(12(2)3)13(4)5)20-18(19-16)23(14(6)7)15(8)9/h11-15H,10H2,1-9H3. The zero-order valence-corrected chi connectivity index (χ0v) is 18.1. The van der Waals surface area contributed by atoms with Gasteiger partial charge in [0.25, 0.3) is 0 Å². The van der Waals surface area contributed by atoms with Crippen molar-refractivity contribution in [2.75, 3.05) is 6.61 Å². The summed E-state index contributed by atoms with van der Waals surface area (Å²) in [6.45, 7) is 21.0. The van der Waals surface area contributed by atoms with Crippen molar-refractivity contribution in [2.45, 2.75) is 84.9 Å². The lowest BCUT2D eigenvalue weighted by Crippen LogP contribution is -2.29. The molecule has 0 spiro atoms. The molecule has 1 heterocycles. The van der Waals surface area contributed by atoms with Gasteiger partial charge in [0.1, 0.15) is 0 Å². The van der Waals surface area contributed by atoms with Gasteiger partial charge in [0.15, 0.2) is 5.57 Å². The van der Waals surface area contributed by atoms with E-state index in [1.54, 1.807) is 0 Å². The smallest absolute Gasteiger partial charge is 0.217 e. The normalized spacial score (nSPS) is 12.5. The zero-order valence-electron chi connectivity index (χ0n) is 16.3. The number of hydrogen-bond acceptors (Lipinski definition) is 3. The summed E-state index contributed by atoms with van der Waals surface area (Å²) in [5.74, 6) is 0.759. The van der Waals surface area contributed by atoms with Crippen LogP contribution in [0.15, 0.2) is 6.07 Å². The van der Waals surface area contributed by atoms with Gasteiger partial charge in [0.05, 0.1) is 12.0 Å². The first-order chi connectivity index (χ1) is 10.7. The molecule has 5 heteroatoms. The van der Waals surface area contributed by atoms with Gasteiger partial charge < -0.3 is 4.74 Å². The fraction of sp³-hybridized carbons (Fsp3) is 0.778. The lowest BCUT2D eigenvalue weighted by Gasteiger charge is -2.28. The number of aromatic nitrogens is 2. The molecule has 1 rings (SSSR count). The minimum Gasteiger partial charge on any atom is -0.478 e. The summed E-state index contributed by atoms with van der Waals surface area (Å²) in [7, 11) is -0.673. The van der Waals surface area contributed by atoms with E-state index in [4.69, 9.17) is 14.7 Å². The first kappa shape index (κ1) is 20.8. The molecule has 0 unspecified atom stereocenters. The second-order valence-corrected chi connectivity index (χ2v) is 13.6. The van der Waals surface area contributed by atoms with Crippen molar-refractivity contribution < 1.29 is 4.74 Å². The average Bonchev–Trinajstić information content (AvgIpc) is 2.36. The molecule has 0 N–H and O–H groups in total. The molecule has 0 radical (unpaired) electrons. The molecule has 0 aliphatic carbocycles. The van der Waals surface area contributed by atoms with Crippen LogP contribution in [0.2, 0.25) is 0 Å². The van der Waals surface area contributed by atoms with Crippen molar-refractivity contribution in [3.8, 4) is 5.88 Å². The van der Waals surface area contributed by atoms with E-state index in [2.05, 4.69) is 61.5 Å². The van der Waals surface area contributed by atoms with E-state index < -0.39 is 0 Å². The van der Waals surface area contributed by atoms with Crippen LogP contribution in [0.3, 0.4) is 0 Å². The Hall–Kier alpha value is -0.260. The molecular weight excluding hydrogens is 322 g/mol. The van der Waals surface area contributed by atoms with Gasteiger partial charge >= 0.3 is 0 Å². The first-order valence-corrected chi connectivity index (χ1v) is 11.7. The van der Waals surface area contributed by atoms with Crippen LogP contribution in [0, 0.1) is 0 Å². The van der Waals surface area contributed by atoms with Crippen LogP contribution in [0.4, 0.5) is 0 Å². The third-order valence-corrected chi connectivity index (χ3v) is 9.56. The molecule has 23 heavy (non-hydrogen) atoms. The second kappa shape index (κ2) is 9.28. The summed E-state index contributed by atoms with van der Waals surface area (Å²) in [5.41, 5.74) is 4.64. The topological polar surface area (TPSA) is 35.0 Å². The fourth-order valence-corrected chi connectivity index (χ4v) is 8.41. The van der Waals surface area contributed by atoms with Crippen LogP contribution in [-0.4, -0.2) is 39.2 Å². The Morgan fingerprint density at radius 2 is 1.30 bits per heavy atom. The van der Waals surface area contributed by atoms with Gasteiger partial charge in [-0.15, -0.1) is 0 Å². The van der Waals surface area contributed by atoms with Crippen molar-refractivity contribution in [2.24, 2.45) is 0 Å². The quantitative estimate of drug-likeness (QED) is 0.632. The summed E-state index contributed by atoms with van der Waals surface area (Å²) in [6, 6.07) is 2.09. The summed E-state index contributed by atoms with van der Waals surface area (Å²) in [4.78, 5) is 9.84. The molecule has 3 nitrogen and oxygen atoms in total. The van der Waals surface area contributed by atoms with Crippen LogP contribution in [0.25, 0.3) is 0 Å². The van der Waals surface area contributed by atoms with E-state index in [9.17, 15) is 0 Å². The molecule has 0 atom stereocenters. The Bertz CT molecular complexity index is 436. The predicted molar refractivity (Wildman–Crippen MR) is 107 cm³/mol. The van der Waals surface area contributed by atoms with Gasteiger partial charge in [0, 0.05) is 6.07 Å². The SMILES string of the molecule is CCOc1cc(P(C(C)C)C(C)C)nc(P(C(C)C)C(C)C)n1. The van der Waals surface area contributed by atoms with Crippen LogP contribution in [0.5, 0.6) is 5.88 Å². The number of hydrogen-bond donors (Lipinski definition) is 0. The number of nitrogens with zero attached hydrogens (tertiary/aromatic N) is 2. The number of ether oxygens (including phenoxy) is 1. The average molecular weight is 356 g/mol. The van der Waals surface area contributed by atoms with Crippen LogP contribution < -0.4 is 15.7 Å². The monoisotopic (exact) mass is 356 g/mol.